The van der Waals surface area contributed by atoms with Gasteiger partial charge in [0.15, 0.2) is 5.82 Å². The summed E-state index contributed by atoms with van der Waals surface area (Å²) in [6.07, 6.45) is 1.81. The Hall–Kier alpha value is -1.68. The second kappa shape index (κ2) is 4.90. The third kappa shape index (κ3) is 2.04. The van der Waals surface area contributed by atoms with E-state index in [-0.39, 0.29) is 6.04 Å². The average molecular weight is 244 g/mol. The fraction of sp³-hybridized carbons (Fsp3) is 0.429. The van der Waals surface area contributed by atoms with E-state index in [0.29, 0.717) is 0 Å². The fourth-order valence-corrected chi connectivity index (χ4v) is 2.01. The summed E-state index contributed by atoms with van der Waals surface area (Å²) in [6.45, 7) is 8.33. The minimum Gasteiger partial charge on any atom is -0.313 e. The Labute approximate surface area is 108 Å². The summed E-state index contributed by atoms with van der Waals surface area (Å²) < 4.78 is 1.94. The smallest absolute Gasteiger partial charge is 0.158 e. The predicted molar refractivity (Wildman–Crippen MR) is 73.0 cm³/mol. The zero-order chi connectivity index (χ0) is 13.3. The second-order valence-corrected chi connectivity index (χ2v) is 4.63. The van der Waals surface area contributed by atoms with E-state index >= 15 is 0 Å². The summed E-state index contributed by atoms with van der Waals surface area (Å²) in [4.78, 5) is 4.49. The molecule has 4 nitrogen and oxygen atoms in total. The van der Waals surface area contributed by atoms with Crippen LogP contribution in [-0.2, 0) is 0 Å². The first kappa shape index (κ1) is 12.8. The van der Waals surface area contributed by atoms with Crippen LogP contribution in [0, 0.1) is 20.8 Å². The second-order valence-electron chi connectivity index (χ2n) is 4.63. The summed E-state index contributed by atoms with van der Waals surface area (Å²) >= 11 is 0. The monoisotopic (exact) mass is 244 g/mol. The zero-order valence-electron chi connectivity index (χ0n) is 11.7. The van der Waals surface area contributed by atoms with Crippen molar-refractivity contribution in [2.24, 2.45) is 0 Å². The predicted octanol–water partition coefficient (Wildman–Crippen LogP) is 2.47. The van der Waals surface area contributed by atoms with Crippen LogP contribution in [0.5, 0.6) is 0 Å². The Kier molecular flexibility index (Phi) is 3.48. The molecule has 0 fully saturated rings. The third-order valence-electron chi connectivity index (χ3n) is 3.57. The Morgan fingerprint density at radius 3 is 2.56 bits per heavy atom. The van der Waals surface area contributed by atoms with E-state index in [0.717, 1.165) is 22.8 Å². The molecule has 0 spiro atoms. The van der Waals surface area contributed by atoms with Crippen LogP contribution in [0.25, 0.3) is 5.82 Å². The summed E-state index contributed by atoms with van der Waals surface area (Å²) in [7, 11) is 1.95. The minimum absolute atomic E-state index is 0.248. The van der Waals surface area contributed by atoms with Gasteiger partial charge < -0.3 is 5.32 Å². The lowest BCUT2D eigenvalue weighted by Crippen LogP contribution is -2.16. The van der Waals surface area contributed by atoms with Crippen LogP contribution in [0.2, 0.25) is 0 Å². The van der Waals surface area contributed by atoms with Gasteiger partial charge in [-0.3, -0.25) is 0 Å². The first-order valence-electron chi connectivity index (χ1n) is 6.21. The zero-order valence-corrected chi connectivity index (χ0v) is 11.7. The maximum absolute atomic E-state index is 4.58. The molecule has 0 radical (unpaired) electrons. The van der Waals surface area contributed by atoms with Crippen LogP contribution in [0.15, 0.2) is 18.3 Å². The number of aryl methyl sites for hydroxylation is 1. The molecule has 0 saturated heterocycles. The standard InChI is InChI=1S/C14H20N4/c1-9-10(2)17-18(12(9)4)14-13(11(3)15-5)7-6-8-16-14/h6-8,11,15H,1-5H3. The van der Waals surface area contributed by atoms with Crippen molar-refractivity contribution in [3.8, 4) is 5.82 Å². The van der Waals surface area contributed by atoms with Gasteiger partial charge in [-0.15, -0.1) is 0 Å². The number of hydrogen-bond acceptors (Lipinski definition) is 3. The van der Waals surface area contributed by atoms with Gasteiger partial charge in [-0.05, 0) is 46.4 Å². The van der Waals surface area contributed by atoms with Gasteiger partial charge in [-0.1, -0.05) is 6.07 Å². The number of nitrogens with zero attached hydrogens (tertiary/aromatic N) is 3. The first-order chi connectivity index (χ1) is 8.56. The molecule has 0 aliphatic heterocycles. The number of hydrogen-bond donors (Lipinski definition) is 1. The van der Waals surface area contributed by atoms with Gasteiger partial charge in [0.1, 0.15) is 0 Å². The number of rotatable bonds is 3. The van der Waals surface area contributed by atoms with Gasteiger partial charge in [-0.25, -0.2) is 9.67 Å². The van der Waals surface area contributed by atoms with Gasteiger partial charge in [0.2, 0.25) is 0 Å². The molecule has 0 aromatic carbocycles. The topological polar surface area (TPSA) is 42.7 Å². The van der Waals surface area contributed by atoms with Crippen molar-refractivity contribution in [3.63, 3.8) is 0 Å². The molecular formula is C14H20N4. The molecule has 2 rings (SSSR count). The average Bonchev–Trinajstić information content (AvgIpc) is 2.65. The molecule has 0 saturated carbocycles. The molecule has 4 heteroatoms. The summed E-state index contributed by atoms with van der Waals surface area (Å²) in [5.74, 6) is 0.910. The molecule has 0 bridgehead atoms. The fourth-order valence-electron chi connectivity index (χ4n) is 2.01. The quantitative estimate of drug-likeness (QED) is 0.902. The highest BCUT2D eigenvalue weighted by molar-refractivity contribution is 5.39. The molecule has 2 aromatic rings. The first-order valence-corrected chi connectivity index (χ1v) is 6.21. The summed E-state index contributed by atoms with van der Waals surface area (Å²) in [6, 6.07) is 4.30. The van der Waals surface area contributed by atoms with Crippen molar-refractivity contribution in [2.75, 3.05) is 7.05 Å². The van der Waals surface area contributed by atoms with Crippen LogP contribution >= 0.6 is 0 Å². The van der Waals surface area contributed by atoms with Crippen molar-refractivity contribution in [3.05, 3.63) is 40.8 Å². The van der Waals surface area contributed by atoms with Gasteiger partial charge in [0.25, 0.3) is 0 Å². The molecule has 0 aliphatic carbocycles. The summed E-state index contributed by atoms with van der Waals surface area (Å²) in [5.41, 5.74) is 4.59. The van der Waals surface area contributed by atoms with E-state index in [1.54, 1.807) is 0 Å². The van der Waals surface area contributed by atoms with Crippen LogP contribution < -0.4 is 5.32 Å². The van der Waals surface area contributed by atoms with Crippen molar-refractivity contribution >= 4 is 0 Å². The van der Waals surface area contributed by atoms with Crippen molar-refractivity contribution in [1.29, 1.82) is 0 Å². The Bertz CT molecular complexity index is 557. The van der Waals surface area contributed by atoms with E-state index < -0.39 is 0 Å². The number of aromatic nitrogens is 3. The molecule has 18 heavy (non-hydrogen) atoms. The maximum Gasteiger partial charge on any atom is 0.158 e. The molecular weight excluding hydrogens is 224 g/mol. The van der Waals surface area contributed by atoms with Crippen molar-refractivity contribution in [1.82, 2.24) is 20.1 Å². The Morgan fingerprint density at radius 1 is 1.28 bits per heavy atom. The maximum atomic E-state index is 4.58. The number of pyridine rings is 1. The van der Waals surface area contributed by atoms with Gasteiger partial charge >= 0.3 is 0 Å². The number of nitrogens with one attached hydrogen (secondary N) is 1. The van der Waals surface area contributed by atoms with Crippen LogP contribution in [0.4, 0.5) is 0 Å². The van der Waals surface area contributed by atoms with E-state index in [4.69, 9.17) is 0 Å². The minimum atomic E-state index is 0.248. The van der Waals surface area contributed by atoms with Gasteiger partial charge in [0, 0.05) is 23.5 Å². The van der Waals surface area contributed by atoms with Crippen LogP contribution in [0.3, 0.4) is 0 Å². The molecule has 0 amide bonds. The molecule has 1 atom stereocenters. The van der Waals surface area contributed by atoms with Crippen LogP contribution in [-0.4, -0.2) is 21.8 Å². The van der Waals surface area contributed by atoms with Crippen LogP contribution in [0.1, 0.15) is 35.5 Å². The van der Waals surface area contributed by atoms with E-state index in [1.165, 1.54) is 5.56 Å². The van der Waals surface area contributed by atoms with Crippen molar-refractivity contribution in [2.45, 2.75) is 33.7 Å². The third-order valence-corrected chi connectivity index (χ3v) is 3.57. The normalized spacial score (nSPS) is 12.7. The van der Waals surface area contributed by atoms with E-state index in [1.807, 2.05) is 30.9 Å². The molecule has 2 aromatic heterocycles. The SMILES string of the molecule is CNC(C)c1cccnc1-n1nc(C)c(C)c1C. The van der Waals surface area contributed by atoms with Gasteiger partial charge in [0.05, 0.1) is 5.69 Å². The molecule has 0 aliphatic rings. The van der Waals surface area contributed by atoms with Crippen molar-refractivity contribution < 1.29 is 0 Å². The summed E-state index contributed by atoms with van der Waals surface area (Å²) in [5, 5.41) is 7.83. The van der Waals surface area contributed by atoms with Gasteiger partial charge in [-0.2, -0.15) is 5.10 Å². The Balaban J connectivity index is 2.60. The lowest BCUT2D eigenvalue weighted by molar-refractivity contribution is 0.636. The largest absolute Gasteiger partial charge is 0.313 e. The van der Waals surface area contributed by atoms with E-state index in [9.17, 15) is 0 Å². The Morgan fingerprint density at radius 2 is 2.00 bits per heavy atom. The van der Waals surface area contributed by atoms with E-state index in [2.05, 4.69) is 42.2 Å². The lowest BCUT2D eigenvalue weighted by Gasteiger charge is -2.15. The highest BCUT2D eigenvalue weighted by Crippen LogP contribution is 2.22. The highest BCUT2D eigenvalue weighted by Gasteiger charge is 2.15. The lowest BCUT2D eigenvalue weighted by atomic mass is 10.1. The molecule has 96 valence electrons. The molecule has 2 heterocycles. The molecule has 1 N–H and O–H groups in total. The highest BCUT2D eigenvalue weighted by atomic mass is 15.3. The molecule has 1 unspecified atom stereocenters.